The van der Waals surface area contributed by atoms with Crippen LogP contribution < -0.4 is 10.1 Å². The second kappa shape index (κ2) is 7.19. The number of carbonyl (C=O) groups is 1. The van der Waals surface area contributed by atoms with Crippen LogP contribution in [0.2, 0.25) is 0 Å². The van der Waals surface area contributed by atoms with Crippen molar-refractivity contribution < 1.29 is 9.53 Å². The van der Waals surface area contributed by atoms with E-state index < -0.39 is 0 Å². The molecule has 0 bridgehead atoms. The summed E-state index contributed by atoms with van der Waals surface area (Å²) >= 11 is 1.40. The number of aryl methyl sites for hydroxylation is 2. The van der Waals surface area contributed by atoms with Crippen LogP contribution in [-0.4, -0.2) is 28.2 Å². The molecule has 0 aliphatic heterocycles. The lowest BCUT2D eigenvalue weighted by molar-refractivity contribution is -0.115. The van der Waals surface area contributed by atoms with Gasteiger partial charge in [-0.05, 0) is 50.1 Å². The van der Waals surface area contributed by atoms with Gasteiger partial charge in [0, 0.05) is 11.8 Å². The molecule has 0 radical (unpaired) electrons. The molecule has 3 aromatic rings. The van der Waals surface area contributed by atoms with Gasteiger partial charge >= 0.3 is 0 Å². The minimum absolute atomic E-state index is 0.0447. The number of hydrogen-bond acceptors (Lipinski definition) is 4. The standard InChI is InChI=1S/C19H21N3O2S/c1-11-5-6-12(2)16(9-11)20-18(23)13(3)25-19-21-15-8-7-14(24-4)10-17(15)22-19/h5-10,13H,1-4H3,(H,20,23)(H,21,22). The Morgan fingerprint density at radius 3 is 2.80 bits per heavy atom. The maximum atomic E-state index is 12.5. The molecule has 5 nitrogen and oxygen atoms in total. The van der Waals surface area contributed by atoms with Crippen LogP contribution in [0.25, 0.3) is 11.0 Å². The Balaban J connectivity index is 1.71. The highest BCUT2D eigenvalue weighted by atomic mass is 32.2. The van der Waals surface area contributed by atoms with Gasteiger partial charge in [0.2, 0.25) is 5.91 Å². The van der Waals surface area contributed by atoms with Crippen molar-refractivity contribution in [2.24, 2.45) is 0 Å². The highest BCUT2D eigenvalue weighted by Crippen LogP contribution is 2.27. The smallest absolute Gasteiger partial charge is 0.237 e. The fourth-order valence-electron chi connectivity index (χ4n) is 2.47. The number of hydrogen-bond donors (Lipinski definition) is 2. The van der Waals surface area contributed by atoms with Crippen LogP contribution in [-0.2, 0) is 4.79 Å². The zero-order valence-electron chi connectivity index (χ0n) is 14.7. The van der Waals surface area contributed by atoms with Crippen molar-refractivity contribution >= 4 is 34.4 Å². The predicted octanol–water partition coefficient (Wildman–Crippen LogP) is 4.31. The number of nitrogens with one attached hydrogen (secondary N) is 2. The molecule has 0 aliphatic rings. The highest BCUT2D eigenvalue weighted by Gasteiger charge is 2.17. The number of aromatic amines is 1. The second-order valence-electron chi connectivity index (χ2n) is 5.99. The van der Waals surface area contributed by atoms with E-state index in [1.807, 2.05) is 57.2 Å². The van der Waals surface area contributed by atoms with Gasteiger partial charge in [0.1, 0.15) is 5.75 Å². The SMILES string of the molecule is COc1ccc2nc(SC(C)C(=O)Nc3cc(C)ccc3C)[nH]c2c1. The molecule has 3 rings (SSSR count). The van der Waals surface area contributed by atoms with Crippen LogP contribution in [0, 0.1) is 13.8 Å². The van der Waals surface area contributed by atoms with Crippen LogP contribution in [0.15, 0.2) is 41.6 Å². The molecule has 0 saturated carbocycles. The molecular weight excluding hydrogens is 334 g/mol. The monoisotopic (exact) mass is 355 g/mol. The van der Waals surface area contributed by atoms with Crippen LogP contribution in [0.5, 0.6) is 5.75 Å². The molecule has 2 aromatic carbocycles. The summed E-state index contributed by atoms with van der Waals surface area (Å²) in [7, 11) is 1.63. The Bertz CT molecular complexity index is 920. The Labute approximate surface area is 151 Å². The molecular formula is C19H21N3O2S. The lowest BCUT2D eigenvalue weighted by Crippen LogP contribution is -2.23. The molecule has 1 atom stereocenters. The average molecular weight is 355 g/mol. The number of aromatic nitrogens is 2. The second-order valence-corrected chi connectivity index (χ2v) is 7.32. The first-order valence-corrected chi connectivity index (χ1v) is 8.93. The number of methoxy groups -OCH3 is 1. The number of thioether (sulfide) groups is 1. The number of H-pyrrole nitrogens is 1. The van der Waals surface area contributed by atoms with Crippen LogP contribution in [0.1, 0.15) is 18.1 Å². The van der Waals surface area contributed by atoms with Gasteiger partial charge in [-0.2, -0.15) is 0 Å². The fourth-order valence-corrected chi connectivity index (χ4v) is 3.29. The molecule has 1 amide bonds. The zero-order chi connectivity index (χ0) is 18.0. The molecule has 1 heterocycles. The Kier molecular flexibility index (Phi) is 4.99. The van der Waals surface area contributed by atoms with E-state index in [-0.39, 0.29) is 11.2 Å². The van der Waals surface area contributed by atoms with Crippen molar-refractivity contribution in [2.75, 3.05) is 12.4 Å². The molecule has 0 spiro atoms. The summed E-state index contributed by atoms with van der Waals surface area (Å²) in [5.41, 5.74) is 4.76. The fraction of sp³-hybridized carbons (Fsp3) is 0.263. The summed E-state index contributed by atoms with van der Waals surface area (Å²) in [6, 6.07) is 11.7. The number of imidazole rings is 1. The molecule has 25 heavy (non-hydrogen) atoms. The van der Waals surface area contributed by atoms with Crippen molar-refractivity contribution in [2.45, 2.75) is 31.2 Å². The van der Waals surface area contributed by atoms with Gasteiger partial charge in [0.15, 0.2) is 5.16 Å². The van der Waals surface area contributed by atoms with Crippen molar-refractivity contribution in [3.63, 3.8) is 0 Å². The number of carbonyl (C=O) groups excluding carboxylic acids is 1. The number of anilines is 1. The van der Waals surface area contributed by atoms with Gasteiger partial charge < -0.3 is 15.0 Å². The van der Waals surface area contributed by atoms with Gasteiger partial charge in [-0.25, -0.2) is 4.98 Å². The van der Waals surface area contributed by atoms with E-state index >= 15 is 0 Å². The quantitative estimate of drug-likeness (QED) is 0.669. The van der Waals surface area contributed by atoms with Gasteiger partial charge in [-0.3, -0.25) is 4.79 Å². The maximum absolute atomic E-state index is 12.5. The first kappa shape index (κ1) is 17.4. The van der Waals surface area contributed by atoms with E-state index in [9.17, 15) is 4.79 Å². The molecule has 1 aromatic heterocycles. The largest absolute Gasteiger partial charge is 0.497 e. The third-order valence-corrected chi connectivity index (χ3v) is 4.96. The van der Waals surface area contributed by atoms with E-state index in [0.717, 1.165) is 33.6 Å². The predicted molar refractivity (Wildman–Crippen MR) is 103 cm³/mol. The number of nitrogens with zero attached hydrogens (tertiary/aromatic N) is 1. The Hall–Kier alpha value is -2.47. The first-order valence-electron chi connectivity index (χ1n) is 8.05. The molecule has 0 aliphatic carbocycles. The van der Waals surface area contributed by atoms with E-state index in [1.165, 1.54) is 11.8 Å². The van der Waals surface area contributed by atoms with Crippen LogP contribution in [0.3, 0.4) is 0 Å². The topological polar surface area (TPSA) is 67.0 Å². The number of rotatable bonds is 5. The van der Waals surface area contributed by atoms with E-state index in [2.05, 4.69) is 15.3 Å². The lowest BCUT2D eigenvalue weighted by atomic mass is 10.1. The molecule has 130 valence electrons. The maximum Gasteiger partial charge on any atom is 0.237 e. The molecule has 2 N–H and O–H groups in total. The average Bonchev–Trinajstić information content (AvgIpc) is 2.99. The highest BCUT2D eigenvalue weighted by molar-refractivity contribution is 8.00. The zero-order valence-corrected chi connectivity index (χ0v) is 15.5. The summed E-state index contributed by atoms with van der Waals surface area (Å²) < 4.78 is 5.22. The first-order chi connectivity index (χ1) is 12.0. The summed E-state index contributed by atoms with van der Waals surface area (Å²) in [4.78, 5) is 20.3. The summed E-state index contributed by atoms with van der Waals surface area (Å²) in [5, 5.41) is 3.44. The third kappa shape index (κ3) is 3.96. The number of fused-ring (bicyclic) bond motifs is 1. The minimum Gasteiger partial charge on any atom is -0.497 e. The van der Waals surface area contributed by atoms with Gasteiger partial charge in [-0.1, -0.05) is 23.9 Å². The summed E-state index contributed by atoms with van der Waals surface area (Å²) in [5.74, 6) is 0.727. The van der Waals surface area contributed by atoms with Crippen molar-refractivity contribution in [3.05, 3.63) is 47.5 Å². The molecule has 0 fully saturated rings. The van der Waals surface area contributed by atoms with Gasteiger partial charge in [0.25, 0.3) is 0 Å². The number of benzene rings is 2. The van der Waals surface area contributed by atoms with E-state index in [0.29, 0.717) is 5.16 Å². The van der Waals surface area contributed by atoms with Crippen LogP contribution >= 0.6 is 11.8 Å². The third-order valence-electron chi connectivity index (χ3n) is 3.98. The van der Waals surface area contributed by atoms with E-state index in [4.69, 9.17) is 4.74 Å². The van der Waals surface area contributed by atoms with E-state index in [1.54, 1.807) is 7.11 Å². The van der Waals surface area contributed by atoms with Crippen LogP contribution in [0.4, 0.5) is 5.69 Å². The lowest BCUT2D eigenvalue weighted by Gasteiger charge is -2.13. The minimum atomic E-state index is -0.276. The van der Waals surface area contributed by atoms with Crippen molar-refractivity contribution in [3.8, 4) is 5.75 Å². The molecule has 0 saturated heterocycles. The van der Waals surface area contributed by atoms with Crippen molar-refractivity contribution in [1.82, 2.24) is 9.97 Å². The summed E-state index contributed by atoms with van der Waals surface area (Å²) in [6.07, 6.45) is 0. The Morgan fingerprint density at radius 1 is 1.24 bits per heavy atom. The molecule has 1 unspecified atom stereocenters. The number of amides is 1. The summed E-state index contributed by atoms with van der Waals surface area (Å²) in [6.45, 7) is 5.87. The van der Waals surface area contributed by atoms with Crippen molar-refractivity contribution in [1.29, 1.82) is 0 Å². The Morgan fingerprint density at radius 2 is 2.04 bits per heavy atom. The van der Waals surface area contributed by atoms with Gasteiger partial charge in [0.05, 0.1) is 23.4 Å². The number of ether oxygens (including phenoxy) is 1. The normalized spacial score (nSPS) is 12.2. The molecule has 6 heteroatoms. The van der Waals surface area contributed by atoms with Gasteiger partial charge in [-0.15, -0.1) is 0 Å².